The van der Waals surface area contributed by atoms with Crippen molar-refractivity contribution < 1.29 is 14.3 Å². The van der Waals surface area contributed by atoms with Crippen LogP contribution in [0.15, 0.2) is 91.0 Å². The van der Waals surface area contributed by atoms with Crippen LogP contribution in [0.3, 0.4) is 0 Å². The van der Waals surface area contributed by atoms with E-state index in [1.807, 2.05) is 79.7 Å². The summed E-state index contributed by atoms with van der Waals surface area (Å²) in [6.45, 7) is 8.62. The van der Waals surface area contributed by atoms with Gasteiger partial charge in [-0.1, -0.05) is 95.7 Å². The molecule has 9 heteroatoms. The van der Waals surface area contributed by atoms with Crippen molar-refractivity contribution >= 4 is 60.9 Å². The minimum atomic E-state index is -0.723. The van der Waals surface area contributed by atoms with E-state index in [4.69, 9.17) is 14.5 Å². The highest BCUT2D eigenvalue weighted by Gasteiger charge is 2.35. The van der Waals surface area contributed by atoms with Crippen molar-refractivity contribution in [1.29, 1.82) is 0 Å². The fourth-order valence-electron chi connectivity index (χ4n) is 4.94. The monoisotopic (exact) mass is 708 g/mol. The van der Waals surface area contributed by atoms with E-state index in [9.17, 15) is 9.59 Å². The van der Waals surface area contributed by atoms with E-state index < -0.39 is 12.0 Å². The first-order chi connectivity index (χ1) is 20.2. The number of fused-ring (bicyclic) bond motifs is 1. The van der Waals surface area contributed by atoms with Crippen molar-refractivity contribution in [2.45, 2.75) is 39.7 Å². The topological polar surface area (TPSA) is 69.9 Å². The van der Waals surface area contributed by atoms with Gasteiger partial charge in [0.2, 0.25) is 0 Å². The number of halogens is 2. The Morgan fingerprint density at radius 2 is 1.76 bits per heavy atom. The Kier molecular flexibility index (Phi) is 9.30. The van der Waals surface area contributed by atoms with Gasteiger partial charge in [0.1, 0.15) is 5.75 Å². The molecule has 0 fully saturated rings. The molecule has 0 saturated carbocycles. The molecule has 42 heavy (non-hydrogen) atoms. The normalized spacial score (nSPS) is 15.0. The maximum atomic E-state index is 14.2. The van der Waals surface area contributed by atoms with Gasteiger partial charge in [-0.2, -0.15) is 0 Å². The van der Waals surface area contributed by atoms with Crippen LogP contribution in [0.1, 0.15) is 61.9 Å². The summed E-state index contributed by atoms with van der Waals surface area (Å²) in [7, 11) is 0. The van der Waals surface area contributed by atoms with Gasteiger partial charge in [0.05, 0.1) is 39.5 Å². The Bertz CT molecular complexity index is 1840. The predicted octanol–water partition coefficient (Wildman–Crippen LogP) is 6.98. The number of carbonyl (C=O) groups is 1. The Balaban J connectivity index is 1.83. The van der Waals surface area contributed by atoms with Crippen LogP contribution >= 0.6 is 43.2 Å². The number of rotatable bonds is 8. The summed E-state index contributed by atoms with van der Waals surface area (Å²) in [6.07, 6.45) is 1.82. The zero-order valence-electron chi connectivity index (χ0n) is 23.7. The summed E-state index contributed by atoms with van der Waals surface area (Å²) >= 11 is 8.42. The first-order valence-electron chi connectivity index (χ1n) is 13.7. The molecule has 0 aliphatic carbocycles. The molecule has 0 N–H and O–H groups in total. The van der Waals surface area contributed by atoms with Crippen LogP contribution in [0.25, 0.3) is 11.8 Å². The molecule has 5 rings (SSSR count). The summed E-state index contributed by atoms with van der Waals surface area (Å²) in [5, 5.41) is 0. The van der Waals surface area contributed by atoms with E-state index in [0.29, 0.717) is 38.9 Å². The second kappa shape index (κ2) is 12.9. The molecular formula is C33H30Br2N2O4S. The number of thiazole rings is 1. The number of benzene rings is 3. The molecule has 1 aliphatic rings. The molecule has 6 nitrogen and oxygen atoms in total. The molecule has 0 spiro atoms. The van der Waals surface area contributed by atoms with Crippen molar-refractivity contribution in [1.82, 2.24) is 4.57 Å². The zero-order valence-corrected chi connectivity index (χ0v) is 27.7. The van der Waals surface area contributed by atoms with Crippen molar-refractivity contribution in [3.8, 4) is 5.75 Å². The summed E-state index contributed by atoms with van der Waals surface area (Å²) in [5.41, 5.74) is 4.08. The maximum Gasteiger partial charge on any atom is 0.338 e. The van der Waals surface area contributed by atoms with Gasteiger partial charge in [-0.3, -0.25) is 9.36 Å². The minimum Gasteiger partial charge on any atom is -0.492 e. The first-order valence-corrected chi connectivity index (χ1v) is 16.1. The highest BCUT2D eigenvalue weighted by Crippen LogP contribution is 2.36. The zero-order chi connectivity index (χ0) is 30.0. The molecule has 1 atom stereocenters. The molecule has 0 bridgehead atoms. The molecule has 0 amide bonds. The van der Waals surface area contributed by atoms with E-state index in [2.05, 4.69) is 45.7 Å². The summed E-state index contributed by atoms with van der Waals surface area (Å²) in [4.78, 5) is 33.3. The average molecular weight is 710 g/mol. The van der Waals surface area contributed by atoms with Crippen LogP contribution in [0.5, 0.6) is 5.75 Å². The number of ether oxygens (including phenoxy) is 2. The number of hydrogen-bond acceptors (Lipinski definition) is 6. The van der Waals surface area contributed by atoms with E-state index in [1.54, 1.807) is 11.5 Å². The third-order valence-corrected chi connectivity index (χ3v) is 8.93. The van der Waals surface area contributed by atoms with Crippen LogP contribution in [-0.4, -0.2) is 23.8 Å². The van der Waals surface area contributed by atoms with Crippen molar-refractivity contribution in [2.75, 3.05) is 13.2 Å². The third-order valence-electron chi connectivity index (χ3n) is 6.90. The Hall–Kier alpha value is -3.27. The number of hydrogen-bond donors (Lipinski definition) is 0. The second-order valence-electron chi connectivity index (χ2n) is 9.99. The number of esters is 1. The lowest BCUT2D eigenvalue weighted by Gasteiger charge is -2.26. The first kappa shape index (κ1) is 30.2. The van der Waals surface area contributed by atoms with E-state index >= 15 is 0 Å². The Labute approximate surface area is 265 Å². The Morgan fingerprint density at radius 1 is 1.05 bits per heavy atom. The van der Waals surface area contributed by atoms with Crippen LogP contribution in [0.2, 0.25) is 0 Å². The lowest BCUT2D eigenvalue weighted by Crippen LogP contribution is -2.40. The molecule has 216 valence electrons. The van der Waals surface area contributed by atoms with Gasteiger partial charge in [0.15, 0.2) is 4.80 Å². The van der Waals surface area contributed by atoms with E-state index in [-0.39, 0.29) is 12.2 Å². The molecular weight excluding hydrogens is 680 g/mol. The summed E-state index contributed by atoms with van der Waals surface area (Å²) in [6, 6.07) is 20.7. The molecule has 1 aliphatic heterocycles. The van der Waals surface area contributed by atoms with E-state index in [1.165, 1.54) is 16.9 Å². The highest BCUT2D eigenvalue weighted by molar-refractivity contribution is 9.11. The maximum absolute atomic E-state index is 14.2. The lowest BCUT2D eigenvalue weighted by molar-refractivity contribution is -0.138. The SMILES string of the molecule is CCOC(=O)C1=C(c2ccccc2)N=c2s/c(=C\c3cc(Br)cc(Br)c3OCC)c(=O)n2[C@H]1c1ccc(C(C)C)cc1. The van der Waals surface area contributed by atoms with Gasteiger partial charge in [-0.05, 0) is 65.0 Å². The van der Waals surface area contributed by atoms with Crippen LogP contribution in [0, 0.1) is 0 Å². The summed E-state index contributed by atoms with van der Waals surface area (Å²) < 4.78 is 15.2. The molecule has 0 saturated heterocycles. The van der Waals surface area contributed by atoms with Gasteiger partial charge < -0.3 is 9.47 Å². The van der Waals surface area contributed by atoms with Gasteiger partial charge in [0.25, 0.3) is 5.56 Å². The molecule has 2 heterocycles. The molecule has 0 radical (unpaired) electrons. The van der Waals surface area contributed by atoms with Gasteiger partial charge in [-0.15, -0.1) is 0 Å². The van der Waals surface area contributed by atoms with Crippen molar-refractivity contribution in [3.05, 3.63) is 123 Å². The average Bonchev–Trinajstić information content (AvgIpc) is 3.28. The fraction of sp³-hybridized carbons (Fsp3) is 0.242. The minimum absolute atomic E-state index is 0.200. The third kappa shape index (κ3) is 5.96. The van der Waals surface area contributed by atoms with Crippen molar-refractivity contribution in [2.24, 2.45) is 4.99 Å². The molecule has 3 aromatic carbocycles. The number of carbonyl (C=O) groups excluding carboxylic acids is 1. The number of nitrogens with zero attached hydrogens (tertiary/aromatic N) is 2. The highest BCUT2D eigenvalue weighted by atomic mass is 79.9. The van der Waals surface area contributed by atoms with Gasteiger partial charge in [0, 0.05) is 15.6 Å². The van der Waals surface area contributed by atoms with Crippen molar-refractivity contribution in [3.63, 3.8) is 0 Å². The quantitative estimate of drug-likeness (QED) is 0.185. The van der Waals surface area contributed by atoms with E-state index in [0.717, 1.165) is 25.6 Å². The molecule has 1 aromatic heterocycles. The fourth-order valence-corrected chi connectivity index (χ4v) is 7.31. The lowest BCUT2D eigenvalue weighted by atomic mass is 9.91. The molecule has 0 unspecified atom stereocenters. The van der Waals surface area contributed by atoms with Gasteiger partial charge in [-0.25, -0.2) is 9.79 Å². The largest absolute Gasteiger partial charge is 0.492 e. The van der Waals surface area contributed by atoms with Crippen LogP contribution < -0.4 is 19.6 Å². The molecule has 4 aromatic rings. The van der Waals surface area contributed by atoms with Crippen LogP contribution in [0.4, 0.5) is 0 Å². The number of aromatic nitrogens is 1. The second-order valence-corrected chi connectivity index (χ2v) is 12.8. The predicted molar refractivity (Wildman–Crippen MR) is 175 cm³/mol. The smallest absolute Gasteiger partial charge is 0.338 e. The Morgan fingerprint density at radius 3 is 2.40 bits per heavy atom. The summed E-state index contributed by atoms with van der Waals surface area (Å²) in [5.74, 6) is 0.483. The van der Waals surface area contributed by atoms with Crippen LogP contribution in [-0.2, 0) is 9.53 Å². The standard InChI is InChI=1S/C33H30Br2N2O4S/c1-5-40-30-23(16-24(34)18-25(30)35)17-26-31(38)37-29(22-14-12-20(13-15-22)19(3)4)27(32(39)41-6-2)28(36-33(37)42-26)21-10-8-7-9-11-21/h7-19,29H,5-6H2,1-4H3/b26-17-/t29-/m0/s1. The van der Waals surface area contributed by atoms with Gasteiger partial charge >= 0.3 is 5.97 Å².